The first-order valence-electron chi connectivity index (χ1n) is 21.5. The van der Waals surface area contributed by atoms with Gasteiger partial charge in [-0.05, 0) is 59.4 Å². The average Bonchev–Trinajstić information content (AvgIpc) is 4.00. The lowest BCUT2D eigenvalue weighted by Gasteiger charge is -2.33. The molecule has 0 amide bonds. The van der Waals surface area contributed by atoms with Crippen LogP contribution in [-0.2, 0) is 12.8 Å². The summed E-state index contributed by atoms with van der Waals surface area (Å²) >= 11 is 3.62. The van der Waals surface area contributed by atoms with Crippen LogP contribution in [0, 0.1) is 17.9 Å². The third kappa shape index (κ3) is 5.19. The number of aryl methyl sites for hydroxylation is 2. The van der Waals surface area contributed by atoms with Crippen molar-refractivity contribution >= 4 is 108 Å². The predicted molar refractivity (Wildman–Crippen MR) is 270 cm³/mol. The summed E-state index contributed by atoms with van der Waals surface area (Å²) in [6, 6.07) is 67.1. The van der Waals surface area contributed by atoms with Crippen LogP contribution in [0.5, 0.6) is 0 Å². The van der Waals surface area contributed by atoms with Crippen LogP contribution < -0.4 is 4.90 Å². The Hall–Kier alpha value is -8.00. The van der Waals surface area contributed by atoms with E-state index in [1.807, 2.05) is 59.1 Å². The van der Waals surface area contributed by atoms with Crippen molar-refractivity contribution in [3.63, 3.8) is 0 Å². The first-order valence-corrected chi connectivity index (χ1v) is 23.1. The topological polar surface area (TPSA) is 36.3 Å². The molecule has 12 aromatic rings. The Bertz CT molecular complexity index is 3820. The Morgan fingerprint density at radius 3 is 1.44 bits per heavy atom. The maximum absolute atomic E-state index is 11.9. The fourth-order valence-electron chi connectivity index (χ4n) is 10.4. The summed E-state index contributed by atoms with van der Waals surface area (Å²) in [4.78, 5) is 6.96. The lowest BCUT2D eigenvalue weighted by atomic mass is 9.87. The minimum absolute atomic E-state index is 0.441. The van der Waals surface area contributed by atoms with Gasteiger partial charge in [0.2, 0.25) is 5.69 Å². The molecular weight excluding hydrogens is 817 g/mol. The summed E-state index contributed by atoms with van der Waals surface area (Å²) in [5.41, 5.74) is 12.2. The van der Waals surface area contributed by atoms with E-state index in [2.05, 4.69) is 166 Å². The smallest absolute Gasteiger partial charge is 0.220 e. The normalized spacial score (nSPS) is 12.5. The molecule has 0 aliphatic carbocycles. The number of rotatable bonds is 4. The quantitative estimate of drug-likeness (QED) is 0.165. The van der Waals surface area contributed by atoms with Crippen LogP contribution in [0.15, 0.2) is 182 Å². The first-order chi connectivity index (χ1) is 31.7. The largest absolute Gasteiger partial charge is 0.316 e. The highest BCUT2D eigenvalue weighted by molar-refractivity contribution is 7.27. The average molecular weight is 851 g/mol. The van der Waals surface area contributed by atoms with Crippen molar-refractivity contribution in [2.75, 3.05) is 4.90 Å². The lowest BCUT2D eigenvalue weighted by molar-refractivity contribution is 0.977. The van der Waals surface area contributed by atoms with Gasteiger partial charge in [-0.1, -0.05) is 158 Å². The fraction of sp³-hybridized carbons (Fsp3) is 0.0345. The van der Waals surface area contributed by atoms with Crippen molar-refractivity contribution in [2.45, 2.75) is 12.8 Å². The van der Waals surface area contributed by atoms with E-state index in [4.69, 9.17) is 0 Å². The van der Waals surface area contributed by atoms with Crippen molar-refractivity contribution in [2.24, 2.45) is 0 Å². The van der Waals surface area contributed by atoms with Gasteiger partial charge in [0.05, 0.1) is 43.9 Å². The Morgan fingerprint density at radius 1 is 0.469 bits per heavy atom. The molecule has 0 N–H and O–H groups in total. The second-order valence-corrected chi connectivity index (χ2v) is 18.5. The van der Waals surface area contributed by atoms with Gasteiger partial charge in [-0.3, -0.25) is 0 Å². The minimum atomic E-state index is 0.441. The van der Waals surface area contributed by atoms with Gasteiger partial charge in [-0.2, -0.15) is 5.26 Å². The number of anilines is 3. The summed E-state index contributed by atoms with van der Waals surface area (Å²) < 4.78 is 7.20. The molecule has 1 aliphatic heterocycles. The molecule has 0 saturated heterocycles. The van der Waals surface area contributed by atoms with Crippen molar-refractivity contribution in [1.82, 2.24) is 4.57 Å². The number of thiophene rings is 2. The van der Waals surface area contributed by atoms with E-state index >= 15 is 0 Å². The Kier molecular flexibility index (Phi) is 8.17. The molecule has 0 bridgehead atoms. The fourth-order valence-corrected chi connectivity index (χ4v) is 12.9. The number of para-hydroxylation sites is 2. The van der Waals surface area contributed by atoms with Crippen molar-refractivity contribution in [1.29, 1.82) is 5.26 Å². The molecule has 3 aromatic heterocycles. The standard InChI is InChI=1S/C58H34N4S2/c1-60-52-50(37-18-4-2-5-19-37)45(34-59)53(61-46-24-12-8-16-35(46)28-29-36-17-9-13-25-47(36)61)51(38-20-6-3-7-21-38)56(52)62-54-41(30-32-43-39-22-10-14-26-48(39)63-57(43)54)42-31-33-44-40-23-11-15-27-49(40)64-58(44)55(42)62/h2-27,30-33H,28-29H2. The van der Waals surface area contributed by atoms with Crippen LogP contribution >= 0.6 is 22.7 Å². The van der Waals surface area contributed by atoms with E-state index in [1.54, 1.807) is 0 Å². The zero-order chi connectivity index (χ0) is 42.5. The van der Waals surface area contributed by atoms with Gasteiger partial charge >= 0.3 is 0 Å². The van der Waals surface area contributed by atoms with Crippen LogP contribution in [-0.4, -0.2) is 4.57 Å². The summed E-state index contributed by atoms with van der Waals surface area (Å²) in [6.45, 7) is 9.40. The molecule has 6 heteroatoms. The molecule has 0 fully saturated rings. The zero-order valence-corrected chi connectivity index (χ0v) is 36.0. The highest BCUT2D eigenvalue weighted by Gasteiger charge is 2.35. The molecule has 0 spiro atoms. The maximum Gasteiger partial charge on any atom is 0.220 e. The number of hydrogen-bond donors (Lipinski definition) is 0. The Labute approximate surface area is 377 Å². The Balaban J connectivity index is 1.35. The number of hydrogen-bond acceptors (Lipinski definition) is 4. The number of aromatic nitrogens is 1. The monoisotopic (exact) mass is 850 g/mol. The number of nitrogens with zero attached hydrogens (tertiary/aromatic N) is 4. The van der Waals surface area contributed by atoms with E-state index in [0.717, 1.165) is 83.5 Å². The highest BCUT2D eigenvalue weighted by Crippen LogP contribution is 2.58. The van der Waals surface area contributed by atoms with Gasteiger partial charge in [0, 0.05) is 64.2 Å². The van der Waals surface area contributed by atoms with Crippen LogP contribution in [0.1, 0.15) is 16.7 Å². The summed E-state index contributed by atoms with van der Waals surface area (Å²) in [6.07, 6.45) is 1.71. The third-order valence-electron chi connectivity index (χ3n) is 13.1. The van der Waals surface area contributed by atoms with Gasteiger partial charge in [0.25, 0.3) is 0 Å². The molecule has 64 heavy (non-hydrogen) atoms. The lowest BCUT2D eigenvalue weighted by Crippen LogP contribution is -2.16. The molecule has 13 rings (SSSR count). The van der Waals surface area contributed by atoms with E-state index in [9.17, 15) is 11.8 Å². The molecule has 298 valence electrons. The van der Waals surface area contributed by atoms with Gasteiger partial charge in [-0.15, -0.1) is 22.7 Å². The molecule has 4 heterocycles. The molecule has 0 saturated carbocycles. The SMILES string of the molecule is [C-]#[N+]c1c(-c2ccccc2)c(C#N)c(N2c3ccccc3CCc3ccccc32)c(-c2ccccc2)c1-n1c2c(ccc3c4ccccc4sc32)c2ccc3c4ccccc4sc3c21. The number of benzene rings is 9. The van der Waals surface area contributed by atoms with Crippen molar-refractivity contribution in [3.8, 4) is 34.0 Å². The van der Waals surface area contributed by atoms with Crippen LogP contribution in [0.2, 0.25) is 0 Å². The Morgan fingerprint density at radius 2 is 0.922 bits per heavy atom. The first kappa shape index (κ1) is 36.6. The highest BCUT2D eigenvalue weighted by atomic mass is 32.1. The van der Waals surface area contributed by atoms with Crippen LogP contribution in [0.3, 0.4) is 0 Å². The predicted octanol–water partition coefficient (Wildman–Crippen LogP) is 16.8. The maximum atomic E-state index is 11.9. The second-order valence-electron chi connectivity index (χ2n) is 16.4. The van der Waals surface area contributed by atoms with Crippen LogP contribution in [0.4, 0.5) is 22.7 Å². The van der Waals surface area contributed by atoms with Gasteiger partial charge < -0.3 is 9.47 Å². The minimum Gasteiger partial charge on any atom is -0.316 e. The molecule has 1 aliphatic rings. The second kappa shape index (κ2) is 14.3. The van der Waals surface area contributed by atoms with E-state index in [-0.39, 0.29) is 0 Å². The number of nitriles is 1. The summed E-state index contributed by atoms with van der Waals surface area (Å²) in [7, 11) is 0. The van der Waals surface area contributed by atoms with Crippen molar-refractivity contribution < 1.29 is 0 Å². The van der Waals surface area contributed by atoms with E-state index in [1.165, 1.54) is 42.1 Å². The number of fused-ring (bicyclic) bond motifs is 13. The van der Waals surface area contributed by atoms with Gasteiger partial charge in [0.1, 0.15) is 6.07 Å². The zero-order valence-electron chi connectivity index (χ0n) is 34.3. The molecule has 9 aromatic carbocycles. The van der Waals surface area contributed by atoms with Gasteiger partial charge in [-0.25, -0.2) is 4.85 Å². The van der Waals surface area contributed by atoms with Crippen LogP contribution in [0.25, 0.3) is 94.9 Å². The summed E-state index contributed by atoms with van der Waals surface area (Å²) in [5.74, 6) is 0. The third-order valence-corrected chi connectivity index (χ3v) is 15.5. The van der Waals surface area contributed by atoms with E-state index < -0.39 is 0 Å². The van der Waals surface area contributed by atoms with E-state index in [0.29, 0.717) is 16.8 Å². The molecule has 4 nitrogen and oxygen atoms in total. The summed E-state index contributed by atoms with van der Waals surface area (Å²) in [5, 5.41) is 18.9. The van der Waals surface area contributed by atoms with Gasteiger partial charge in [0.15, 0.2) is 0 Å². The molecule has 0 atom stereocenters. The molecule has 0 unspecified atom stereocenters. The molecular formula is C58H34N4S2. The molecule has 0 radical (unpaired) electrons. The van der Waals surface area contributed by atoms with Crippen molar-refractivity contribution in [3.05, 3.63) is 210 Å².